The van der Waals surface area contributed by atoms with E-state index in [1.807, 2.05) is 13.8 Å². The summed E-state index contributed by atoms with van der Waals surface area (Å²) < 4.78 is 5.53. The van der Waals surface area contributed by atoms with E-state index >= 15 is 0 Å². The minimum Gasteiger partial charge on any atom is -0.480 e. The van der Waals surface area contributed by atoms with Crippen molar-refractivity contribution in [2.75, 3.05) is 6.61 Å². The highest BCUT2D eigenvalue weighted by atomic mass is 16.4. The van der Waals surface area contributed by atoms with Gasteiger partial charge in [0.1, 0.15) is 6.04 Å². The van der Waals surface area contributed by atoms with Crippen molar-refractivity contribution in [1.82, 2.24) is 20.8 Å². The van der Waals surface area contributed by atoms with Crippen molar-refractivity contribution in [3.63, 3.8) is 0 Å². The number of carbonyl (C=O) groups is 3. The number of carboxylic acids is 1. The molecule has 1 rings (SSSR count). The summed E-state index contributed by atoms with van der Waals surface area (Å²) in [6.07, 6.45) is 0.768. The fraction of sp³-hybridized carbons (Fsp3) is 0.667. The van der Waals surface area contributed by atoms with Gasteiger partial charge in [-0.25, -0.2) is 9.59 Å². The molecular formula is C15H26N6O6. The smallest absolute Gasteiger partial charge is 0.328 e. The van der Waals surface area contributed by atoms with Crippen molar-refractivity contribution in [3.05, 3.63) is 11.8 Å². The van der Waals surface area contributed by atoms with Gasteiger partial charge in [0.15, 0.2) is 6.04 Å². The third-order valence-electron chi connectivity index (χ3n) is 4.07. The zero-order valence-corrected chi connectivity index (χ0v) is 15.2. The van der Waals surface area contributed by atoms with Crippen LogP contribution in [0.5, 0.6) is 0 Å². The number of aromatic nitrogens is 2. The van der Waals surface area contributed by atoms with Gasteiger partial charge in [-0.3, -0.25) is 4.79 Å². The van der Waals surface area contributed by atoms with Crippen LogP contribution in [0.4, 0.5) is 4.79 Å². The molecular weight excluding hydrogens is 360 g/mol. The summed E-state index contributed by atoms with van der Waals surface area (Å²) in [7, 11) is 0. The third-order valence-corrected chi connectivity index (χ3v) is 4.07. The summed E-state index contributed by atoms with van der Waals surface area (Å²) >= 11 is 0. The van der Waals surface area contributed by atoms with E-state index in [-0.39, 0.29) is 30.5 Å². The van der Waals surface area contributed by atoms with Crippen molar-refractivity contribution < 1.29 is 29.0 Å². The molecule has 0 bridgehead atoms. The second-order valence-corrected chi connectivity index (χ2v) is 6.14. The number of carboxylic acid groups (broad SMARTS) is 1. The van der Waals surface area contributed by atoms with Crippen molar-refractivity contribution in [2.45, 2.75) is 51.2 Å². The summed E-state index contributed by atoms with van der Waals surface area (Å²) in [6, 6.07) is -3.76. The van der Waals surface area contributed by atoms with Crippen LogP contribution >= 0.6 is 0 Å². The first-order valence-corrected chi connectivity index (χ1v) is 8.47. The lowest BCUT2D eigenvalue weighted by atomic mass is 10.0. The normalized spacial score (nSPS) is 15.4. The predicted molar refractivity (Wildman–Crippen MR) is 92.0 cm³/mol. The molecule has 4 atom stereocenters. The summed E-state index contributed by atoms with van der Waals surface area (Å²) in [6.45, 7) is 3.10. The lowest BCUT2D eigenvalue weighted by molar-refractivity contribution is -0.140. The van der Waals surface area contributed by atoms with E-state index in [0.29, 0.717) is 0 Å². The molecule has 0 aliphatic carbocycles. The minimum absolute atomic E-state index is 0.0102. The summed E-state index contributed by atoms with van der Waals surface area (Å²) in [5, 5.41) is 30.1. The number of rotatable bonds is 11. The fourth-order valence-electron chi connectivity index (χ4n) is 2.11. The van der Waals surface area contributed by atoms with Gasteiger partial charge in [0, 0.05) is 6.42 Å². The minimum atomic E-state index is -1.49. The molecule has 2 unspecified atom stereocenters. The van der Waals surface area contributed by atoms with Crippen LogP contribution in [0.2, 0.25) is 0 Å². The van der Waals surface area contributed by atoms with Gasteiger partial charge in [0.05, 0.1) is 12.6 Å². The Labute approximate surface area is 155 Å². The monoisotopic (exact) mass is 386 g/mol. The number of primary amides is 1. The zero-order valence-electron chi connectivity index (χ0n) is 15.2. The quantitative estimate of drug-likeness (QED) is 0.280. The number of nitrogens with two attached hydrogens (primary N) is 2. The number of aliphatic hydroxyl groups is 1. The molecule has 12 heteroatoms. The summed E-state index contributed by atoms with van der Waals surface area (Å²) in [4.78, 5) is 34.0. The Balaban J connectivity index is 2.91. The number of carbonyl (C=O) groups excluding carboxylic acids is 2. The van der Waals surface area contributed by atoms with Crippen molar-refractivity contribution in [3.8, 4) is 0 Å². The first kappa shape index (κ1) is 22.3. The van der Waals surface area contributed by atoms with E-state index in [2.05, 4.69) is 20.8 Å². The van der Waals surface area contributed by atoms with Crippen LogP contribution in [-0.4, -0.2) is 51.0 Å². The maximum atomic E-state index is 12.0. The number of amides is 3. The molecule has 3 amide bonds. The average molecular weight is 386 g/mol. The summed E-state index contributed by atoms with van der Waals surface area (Å²) in [5.41, 5.74) is 11.2. The topological polar surface area (TPSA) is 207 Å². The molecule has 0 radical (unpaired) electrons. The second kappa shape index (κ2) is 10.4. The number of nitrogens with zero attached hydrogens (tertiary/aromatic N) is 2. The summed E-state index contributed by atoms with van der Waals surface area (Å²) in [5.74, 6) is -1.72. The number of aliphatic carboxylic acids is 1. The third kappa shape index (κ3) is 6.83. The van der Waals surface area contributed by atoms with Gasteiger partial charge in [-0.15, -0.1) is 10.2 Å². The van der Waals surface area contributed by atoms with Crippen LogP contribution in [0.1, 0.15) is 57.0 Å². The van der Waals surface area contributed by atoms with Gasteiger partial charge in [-0.05, 0) is 12.3 Å². The highest BCUT2D eigenvalue weighted by Gasteiger charge is 2.27. The average Bonchev–Trinajstić information content (AvgIpc) is 3.11. The SMILES string of the molecule is CCC(C)C(N)c1nnc([C@H](CCC(N)=O)NC(=O)N[C@@H](CO)C(=O)O)o1. The molecule has 12 nitrogen and oxygen atoms in total. The van der Waals surface area contributed by atoms with Crippen LogP contribution in [0.25, 0.3) is 0 Å². The van der Waals surface area contributed by atoms with Crippen molar-refractivity contribution >= 4 is 17.9 Å². The Morgan fingerprint density at radius 1 is 1.22 bits per heavy atom. The van der Waals surface area contributed by atoms with Crippen LogP contribution in [0, 0.1) is 5.92 Å². The van der Waals surface area contributed by atoms with Crippen molar-refractivity contribution in [1.29, 1.82) is 0 Å². The van der Waals surface area contributed by atoms with E-state index in [1.165, 1.54) is 0 Å². The van der Waals surface area contributed by atoms with E-state index in [9.17, 15) is 14.4 Å². The molecule has 0 fully saturated rings. The standard InChI is InChI=1S/C15H26N6O6/c1-3-7(2)11(17)13-21-20-12(27-13)8(4-5-10(16)23)18-15(26)19-9(6-22)14(24)25/h7-9,11,22H,3-6,17H2,1-2H3,(H2,16,23)(H,24,25)(H2,18,19,26)/t7?,8-,9-,11?/m0/s1. The van der Waals surface area contributed by atoms with E-state index in [0.717, 1.165) is 6.42 Å². The van der Waals surface area contributed by atoms with Crippen LogP contribution in [0.15, 0.2) is 4.42 Å². The lowest BCUT2D eigenvalue weighted by Gasteiger charge is -2.18. The molecule has 152 valence electrons. The molecule has 8 N–H and O–H groups in total. The van der Waals surface area contributed by atoms with Gasteiger partial charge in [0.25, 0.3) is 0 Å². The second-order valence-electron chi connectivity index (χ2n) is 6.14. The Hall–Kier alpha value is -2.73. The van der Waals surface area contributed by atoms with Crippen molar-refractivity contribution in [2.24, 2.45) is 17.4 Å². The first-order valence-electron chi connectivity index (χ1n) is 8.47. The molecule has 0 aromatic carbocycles. The van der Waals surface area contributed by atoms with E-state index < -0.39 is 42.6 Å². The Kier molecular flexibility index (Phi) is 8.62. The highest BCUT2D eigenvalue weighted by Crippen LogP contribution is 2.24. The van der Waals surface area contributed by atoms with Crippen LogP contribution in [0.3, 0.4) is 0 Å². The Morgan fingerprint density at radius 2 is 1.85 bits per heavy atom. The van der Waals surface area contributed by atoms with Gasteiger partial charge in [-0.2, -0.15) is 0 Å². The maximum absolute atomic E-state index is 12.0. The molecule has 0 saturated heterocycles. The fourth-order valence-corrected chi connectivity index (χ4v) is 2.11. The highest BCUT2D eigenvalue weighted by molar-refractivity contribution is 5.82. The van der Waals surface area contributed by atoms with Gasteiger partial charge in [0.2, 0.25) is 17.7 Å². The van der Waals surface area contributed by atoms with E-state index in [1.54, 1.807) is 0 Å². The maximum Gasteiger partial charge on any atom is 0.328 e. The van der Waals surface area contributed by atoms with Crippen LogP contribution < -0.4 is 22.1 Å². The van der Waals surface area contributed by atoms with Gasteiger partial charge < -0.3 is 36.7 Å². The van der Waals surface area contributed by atoms with Crippen LogP contribution in [-0.2, 0) is 9.59 Å². The number of hydrogen-bond donors (Lipinski definition) is 6. The molecule has 0 saturated carbocycles. The molecule has 0 aliphatic heterocycles. The zero-order chi connectivity index (χ0) is 20.6. The predicted octanol–water partition coefficient (Wildman–Crippen LogP) is -0.833. The molecule has 0 aliphatic rings. The lowest BCUT2D eigenvalue weighted by Crippen LogP contribution is -2.48. The van der Waals surface area contributed by atoms with Gasteiger partial charge >= 0.3 is 12.0 Å². The number of nitrogens with one attached hydrogen (secondary N) is 2. The molecule has 27 heavy (non-hydrogen) atoms. The van der Waals surface area contributed by atoms with E-state index in [4.69, 9.17) is 26.1 Å². The molecule has 0 spiro atoms. The number of aliphatic hydroxyl groups excluding tert-OH is 1. The molecule has 1 aromatic heterocycles. The number of urea groups is 1. The Morgan fingerprint density at radius 3 is 2.37 bits per heavy atom. The molecule has 1 heterocycles. The Bertz CT molecular complexity index is 650. The number of hydrogen-bond acceptors (Lipinski definition) is 8. The first-order chi connectivity index (χ1) is 12.7. The van der Waals surface area contributed by atoms with Gasteiger partial charge in [-0.1, -0.05) is 20.3 Å². The molecule has 1 aromatic rings. The largest absolute Gasteiger partial charge is 0.480 e.